The molecule has 8 nitrogen and oxygen atoms in total. The van der Waals surface area contributed by atoms with Gasteiger partial charge in [0.05, 0.1) is 30.8 Å². The summed E-state index contributed by atoms with van der Waals surface area (Å²) in [4.78, 5) is 19.2. The van der Waals surface area contributed by atoms with E-state index in [1.54, 1.807) is 0 Å². The first kappa shape index (κ1) is 21.7. The Balaban J connectivity index is 1.57. The van der Waals surface area contributed by atoms with E-state index in [0.29, 0.717) is 12.1 Å². The third-order valence-corrected chi connectivity index (χ3v) is 5.78. The number of carbonyl (C=O) groups excluding carboxylic acids is 1. The molecule has 0 unspecified atom stereocenters. The fourth-order valence-electron chi connectivity index (χ4n) is 3.77. The summed E-state index contributed by atoms with van der Waals surface area (Å²) in [6.45, 7) is 9.76. The number of hydrogen-bond acceptors (Lipinski definition) is 6. The zero-order valence-electron chi connectivity index (χ0n) is 17.8. The number of benzene rings is 1. The summed E-state index contributed by atoms with van der Waals surface area (Å²) < 4.78 is 7.97. The van der Waals surface area contributed by atoms with Gasteiger partial charge in [0, 0.05) is 43.9 Å². The fraction of sp³-hybridized carbons (Fsp3) is 0.409. The van der Waals surface area contributed by atoms with E-state index in [0.717, 1.165) is 72.2 Å². The van der Waals surface area contributed by atoms with E-state index in [-0.39, 0.29) is 5.91 Å². The summed E-state index contributed by atoms with van der Waals surface area (Å²) in [6, 6.07) is 7.75. The lowest BCUT2D eigenvalue weighted by molar-refractivity contribution is 0.0398. The largest absolute Gasteiger partial charge is 0.381 e. The number of aromatic nitrogens is 3. The molecule has 0 spiro atoms. The summed E-state index contributed by atoms with van der Waals surface area (Å²) in [5, 5.41) is 11.0. The Labute approximate surface area is 190 Å². The second kappa shape index (κ2) is 9.76. The van der Waals surface area contributed by atoms with Crippen molar-refractivity contribution < 1.29 is 9.53 Å². The lowest BCUT2D eigenvalue weighted by Crippen LogP contribution is -2.39. The molecule has 1 saturated heterocycles. The molecule has 1 fully saturated rings. The highest BCUT2D eigenvalue weighted by Crippen LogP contribution is 2.27. The number of carbonyl (C=O) groups is 1. The average Bonchev–Trinajstić information content (AvgIpc) is 3.18. The summed E-state index contributed by atoms with van der Waals surface area (Å²) in [6.07, 6.45) is 1.82. The fourth-order valence-corrected chi connectivity index (χ4v) is 4.16. The maximum atomic E-state index is 12.2. The Kier molecular flexibility index (Phi) is 6.84. The van der Waals surface area contributed by atoms with Crippen LogP contribution in [0.3, 0.4) is 0 Å². The molecule has 164 valence electrons. The predicted octanol–water partition coefficient (Wildman–Crippen LogP) is 2.96. The molecule has 1 aromatic carbocycles. The van der Waals surface area contributed by atoms with Crippen LogP contribution >= 0.6 is 15.9 Å². The van der Waals surface area contributed by atoms with Crippen LogP contribution in [-0.4, -0.2) is 71.3 Å². The van der Waals surface area contributed by atoms with Crippen LogP contribution in [0.15, 0.2) is 35.1 Å². The lowest BCUT2D eigenvalue weighted by Gasteiger charge is -2.26. The van der Waals surface area contributed by atoms with E-state index in [4.69, 9.17) is 4.74 Å². The zero-order valence-corrected chi connectivity index (χ0v) is 19.4. The maximum Gasteiger partial charge on any atom is 0.251 e. The Morgan fingerprint density at radius 2 is 2.06 bits per heavy atom. The van der Waals surface area contributed by atoms with Gasteiger partial charge in [0.15, 0.2) is 5.65 Å². The molecule has 1 aliphatic heterocycles. The first-order chi connectivity index (χ1) is 15.1. The minimum atomic E-state index is -0.0580. The Hall–Kier alpha value is -2.49. The molecule has 3 heterocycles. The number of imidazole rings is 1. The summed E-state index contributed by atoms with van der Waals surface area (Å²) in [5.41, 5.74) is 5.12. The zero-order chi connectivity index (χ0) is 21.8. The number of rotatable bonds is 7. The van der Waals surface area contributed by atoms with Gasteiger partial charge >= 0.3 is 0 Å². The van der Waals surface area contributed by atoms with Gasteiger partial charge in [-0.05, 0) is 53.5 Å². The number of ether oxygens (including phenoxy) is 1. The number of halogens is 1. The molecule has 1 aliphatic rings. The van der Waals surface area contributed by atoms with Crippen molar-refractivity contribution in [3.8, 4) is 11.3 Å². The number of nitrogens with zero attached hydrogens (tertiary/aromatic N) is 4. The number of morpholine rings is 1. The third kappa shape index (κ3) is 4.89. The second-order valence-corrected chi connectivity index (χ2v) is 8.34. The molecule has 0 saturated carbocycles. The Morgan fingerprint density at radius 3 is 2.81 bits per heavy atom. The molecule has 0 atom stereocenters. The first-order valence-electron chi connectivity index (χ1n) is 10.5. The van der Waals surface area contributed by atoms with Gasteiger partial charge in [0.1, 0.15) is 4.60 Å². The van der Waals surface area contributed by atoms with Crippen LogP contribution in [0.2, 0.25) is 0 Å². The third-order valence-electron chi connectivity index (χ3n) is 5.39. The number of hydrogen-bond donors (Lipinski definition) is 2. The lowest BCUT2D eigenvalue weighted by atomic mass is 10.0. The first-order valence-corrected chi connectivity index (χ1v) is 11.3. The summed E-state index contributed by atoms with van der Waals surface area (Å²) in [7, 11) is 0. The summed E-state index contributed by atoms with van der Waals surface area (Å²) in [5.74, 6) is -0.0580. The van der Waals surface area contributed by atoms with Crippen molar-refractivity contribution in [3.05, 3.63) is 46.2 Å². The molecule has 1 amide bonds. The number of amides is 1. The Morgan fingerprint density at radius 1 is 1.26 bits per heavy atom. The van der Waals surface area contributed by atoms with Crippen molar-refractivity contribution in [3.63, 3.8) is 0 Å². The van der Waals surface area contributed by atoms with Crippen LogP contribution in [0.1, 0.15) is 22.8 Å². The van der Waals surface area contributed by atoms with E-state index in [1.807, 2.05) is 48.8 Å². The van der Waals surface area contributed by atoms with Crippen LogP contribution in [0.5, 0.6) is 0 Å². The standard InChI is InChI=1S/C22H27BrN6O2/c1-3-24-22(30)17-5-4-16(12-15(17)2)19-14-26-21-18(13-20(23)27-29(19)21)25-6-7-28-8-10-31-11-9-28/h4-5,12-14,25H,3,6-11H2,1-2H3,(H,24,30). The van der Waals surface area contributed by atoms with Crippen molar-refractivity contribution in [2.75, 3.05) is 51.3 Å². The van der Waals surface area contributed by atoms with Gasteiger partial charge in [-0.15, -0.1) is 0 Å². The quantitative estimate of drug-likeness (QED) is 0.534. The molecule has 0 aliphatic carbocycles. The van der Waals surface area contributed by atoms with Gasteiger partial charge in [0.25, 0.3) is 5.91 Å². The normalized spacial score (nSPS) is 14.7. The minimum Gasteiger partial charge on any atom is -0.381 e. The van der Waals surface area contributed by atoms with E-state index >= 15 is 0 Å². The van der Waals surface area contributed by atoms with Crippen LogP contribution in [0, 0.1) is 6.92 Å². The number of nitrogens with one attached hydrogen (secondary N) is 2. The van der Waals surface area contributed by atoms with Crippen molar-refractivity contribution >= 4 is 33.2 Å². The molecule has 2 aromatic heterocycles. The van der Waals surface area contributed by atoms with E-state index in [1.165, 1.54) is 0 Å². The van der Waals surface area contributed by atoms with Gasteiger partial charge in [0.2, 0.25) is 0 Å². The number of aryl methyl sites for hydroxylation is 1. The highest BCUT2D eigenvalue weighted by molar-refractivity contribution is 9.10. The predicted molar refractivity (Wildman–Crippen MR) is 125 cm³/mol. The monoisotopic (exact) mass is 486 g/mol. The van der Waals surface area contributed by atoms with E-state index in [2.05, 4.69) is 41.5 Å². The molecule has 0 radical (unpaired) electrons. The van der Waals surface area contributed by atoms with Gasteiger partial charge in [-0.1, -0.05) is 6.07 Å². The smallest absolute Gasteiger partial charge is 0.251 e. The number of fused-ring (bicyclic) bond motifs is 1. The van der Waals surface area contributed by atoms with Crippen molar-refractivity contribution in [2.45, 2.75) is 13.8 Å². The molecule has 31 heavy (non-hydrogen) atoms. The minimum absolute atomic E-state index is 0.0580. The topological polar surface area (TPSA) is 83.8 Å². The van der Waals surface area contributed by atoms with Crippen molar-refractivity contribution in [1.82, 2.24) is 24.8 Å². The highest BCUT2D eigenvalue weighted by Gasteiger charge is 2.15. The molecule has 4 rings (SSSR count). The van der Waals surface area contributed by atoms with Gasteiger partial charge in [-0.25, -0.2) is 9.50 Å². The molecule has 0 bridgehead atoms. The maximum absolute atomic E-state index is 12.2. The Bertz CT molecular complexity index is 1080. The van der Waals surface area contributed by atoms with Crippen LogP contribution in [0.4, 0.5) is 5.69 Å². The van der Waals surface area contributed by atoms with Crippen LogP contribution < -0.4 is 10.6 Å². The average molecular weight is 487 g/mol. The van der Waals surface area contributed by atoms with E-state index < -0.39 is 0 Å². The molecule has 3 aromatic rings. The molecular formula is C22H27BrN6O2. The van der Waals surface area contributed by atoms with Gasteiger partial charge in [-0.2, -0.15) is 5.10 Å². The van der Waals surface area contributed by atoms with E-state index in [9.17, 15) is 4.79 Å². The molecule has 9 heteroatoms. The number of anilines is 1. The van der Waals surface area contributed by atoms with Gasteiger partial charge in [-0.3, -0.25) is 9.69 Å². The summed E-state index contributed by atoms with van der Waals surface area (Å²) >= 11 is 3.53. The van der Waals surface area contributed by atoms with Crippen LogP contribution in [0.25, 0.3) is 16.9 Å². The van der Waals surface area contributed by atoms with Gasteiger partial charge < -0.3 is 15.4 Å². The highest BCUT2D eigenvalue weighted by atomic mass is 79.9. The SMILES string of the molecule is CCNC(=O)c1ccc(-c2cnc3c(NCCN4CCOCC4)cc(Br)nn23)cc1C. The molecule has 2 N–H and O–H groups in total. The second-order valence-electron chi connectivity index (χ2n) is 7.53. The van der Waals surface area contributed by atoms with Crippen molar-refractivity contribution in [1.29, 1.82) is 0 Å². The van der Waals surface area contributed by atoms with Crippen molar-refractivity contribution in [2.24, 2.45) is 0 Å². The molecular weight excluding hydrogens is 460 g/mol. The van der Waals surface area contributed by atoms with Crippen LogP contribution in [-0.2, 0) is 4.74 Å².